The monoisotopic (exact) mass is 381 g/mol. The maximum atomic E-state index is 12.2. The Morgan fingerprint density at radius 1 is 0.786 bits per heavy atom. The van der Waals surface area contributed by atoms with Crippen LogP contribution in [0.3, 0.4) is 0 Å². The lowest BCUT2D eigenvalue weighted by atomic mass is 10.1. The SMILES string of the molecule is O=C(NCCNC(=O)c1cc(O)c(O)c(O)c1)c1ccc(-n2cccc2)cc1. The van der Waals surface area contributed by atoms with E-state index in [1.807, 2.05) is 41.2 Å². The molecule has 8 nitrogen and oxygen atoms in total. The number of nitrogens with zero attached hydrogens (tertiary/aromatic N) is 1. The zero-order valence-corrected chi connectivity index (χ0v) is 14.8. The van der Waals surface area contributed by atoms with E-state index in [2.05, 4.69) is 10.6 Å². The molecule has 0 unspecified atom stereocenters. The van der Waals surface area contributed by atoms with Gasteiger partial charge in [0.25, 0.3) is 11.8 Å². The maximum Gasteiger partial charge on any atom is 0.251 e. The molecule has 0 saturated heterocycles. The Hall–Kier alpha value is -3.94. The summed E-state index contributed by atoms with van der Waals surface area (Å²) < 4.78 is 1.93. The van der Waals surface area contributed by atoms with Crippen molar-refractivity contribution in [2.75, 3.05) is 13.1 Å². The average Bonchev–Trinajstić information content (AvgIpc) is 3.23. The second-order valence-electron chi connectivity index (χ2n) is 6.01. The maximum absolute atomic E-state index is 12.2. The van der Waals surface area contributed by atoms with E-state index in [1.54, 1.807) is 12.1 Å². The van der Waals surface area contributed by atoms with Gasteiger partial charge in [0.1, 0.15) is 0 Å². The summed E-state index contributed by atoms with van der Waals surface area (Å²) >= 11 is 0. The summed E-state index contributed by atoms with van der Waals surface area (Å²) in [6, 6.07) is 13.0. The number of benzene rings is 2. The second kappa shape index (κ2) is 8.17. The normalized spacial score (nSPS) is 10.4. The molecule has 3 aromatic rings. The van der Waals surface area contributed by atoms with E-state index in [9.17, 15) is 24.9 Å². The van der Waals surface area contributed by atoms with Gasteiger partial charge >= 0.3 is 0 Å². The van der Waals surface area contributed by atoms with Crippen LogP contribution in [0.2, 0.25) is 0 Å². The molecule has 28 heavy (non-hydrogen) atoms. The first-order valence-electron chi connectivity index (χ1n) is 8.50. The van der Waals surface area contributed by atoms with Crippen LogP contribution in [0.5, 0.6) is 17.2 Å². The molecule has 0 bridgehead atoms. The van der Waals surface area contributed by atoms with Crippen molar-refractivity contribution in [3.63, 3.8) is 0 Å². The van der Waals surface area contributed by atoms with Crippen LogP contribution >= 0.6 is 0 Å². The third kappa shape index (κ3) is 4.24. The van der Waals surface area contributed by atoms with Crippen LogP contribution in [0.15, 0.2) is 60.9 Å². The van der Waals surface area contributed by atoms with Crippen molar-refractivity contribution < 1.29 is 24.9 Å². The van der Waals surface area contributed by atoms with Crippen LogP contribution in [0.4, 0.5) is 0 Å². The lowest BCUT2D eigenvalue weighted by Gasteiger charge is -2.09. The van der Waals surface area contributed by atoms with Crippen LogP contribution < -0.4 is 10.6 Å². The minimum atomic E-state index is -0.688. The zero-order valence-electron chi connectivity index (χ0n) is 14.8. The van der Waals surface area contributed by atoms with Gasteiger partial charge in [-0.15, -0.1) is 0 Å². The highest BCUT2D eigenvalue weighted by atomic mass is 16.3. The van der Waals surface area contributed by atoms with Gasteiger partial charge < -0.3 is 30.5 Å². The average molecular weight is 381 g/mol. The highest BCUT2D eigenvalue weighted by Crippen LogP contribution is 2.35. The van der Waals surface area contributed by atoms with E-state index in [0.29, 0.717) is 5.56 Å². The van der Waals surface area contributed by atoms with Crippen molar-refractivity contribution in [1.82, 2.24) is 15.2 Å². The number of hydrogen-bond donors (Lipinski definition) is 5. The summed E-state index contributed by atoms with van der Waals surface area (Å²) in [7, 11) is 0. The highest BCUT2D eigenvalue weighted by Gasteiger charge is 2.13. The molecule has 2 aromatic carbocycles. The number of rotatable bonds is 6. The topological polar surface area (TPSA) is 124 Å². The van der Waals surface area contributed by atoms with Gasteiger partial charge in [-0.2, -0.15) is 0 Å². The number of carbonyl (C=O) groups excluding carboxylic acids is 2. The predicted octanol–water partition coefficient (Wildman–Crippen LogP) is 1.75. The Bertz CT molecular complexity index is 959. The quantitative estimate of drug-likeness (QED) is 0.329. The minimum absolute atomic E-state index is 0.0141. The number of amides is 2. The highest BCUT2D eigenvalue weighted by molar-refractivity contribution is 5.96. The third-order valence-electron chi connectivity index (χ3n) is 4.06. The van der Waals surface area contributed by atoms with Gasteiger partial charge in [-0.1, -0.05) is 0 Å². The van der Waals surface area contributed by atoms with E-state index < -0.39 is 23.2 Å². The van der Waals surface area contributed by atoms with Crippen molar-refractivity contribution in [3.05, 3.63) is 72.1 Å². The van der Waals surface area contributed by atoms with Gasteiger partial charge in [-0.05, 0) is 48.5 Å². The molecule has 1 aromatic heterocycles. The number of carbonyl (C=O) groups is 2. The van der Waals surface area contributed by atoms with Crippen LogP contribution in [0, 0.1) is 0 Å². The van der Waals surface area contributed by atoms with E-state index in [4.69, 9.17) is 0 Å². The summed E-state index contributed by atoms with van der Waals surface area (Å²) in [4.78, 5) is 24.2. The van der Waals surface area contributed by atoms with Crippen LogP contribution in [-0.4, -0.2) is 44.8 Å². The first-order valence-corrected chi connectivity index (χ1v) is 8.50. The van der Waals surface area contributed by atoms with Crippen molar-refractivity contribution in [1.29, 1.82) is 0 Å². The molecule has 0 radical (unpaired) electrons. The fourth-order valence-corrected chi connectivity index (χ4v) is 2.58. The smallest absolute Gasteiger partial charge is 0.251 e. The van der Waals surface area contributed by atoms with Gasteiger partial charge in [0.15, 0.2) is 17.2 Å². The minimum Gasteiger partial charge on any atom is -0.504 e. The van der Waals surface area contributed by atoms with Crippen LogP contribution in [0.1, 0.15) is 20.7 Å². The number of phenolic OH excluding ortho intramolecular Hbond substituents is 3. The summed E-state index contributed by atoms with van der Waals surface area (Å²) in [6.45, 7) is 0.342. The van der Waals surface area contributed by atoms with Gasteiger partial charge in [-0.3, -0.25) is 9.59 Å². The Labute approximate surface area is 160 Å². The molecule has 0 spiro atoms. The largest absolute Gasteiger partial charge is 0.504 e. The molecule has 0 saturated carbocycles. The molecular weight excluding hydrogens is 362 g/mol. The second-order valence-corrected chi connectivity index (χ2v) is 6.01. The van der Waals surface area contributed by atoms with Gasteiger partial charge in [0, 0.05) is 42.3 Å². The third-order valence-corrected chi connectivity index (χ3v) is 4.06. The number of nitrogens with one attached hydrogen (secondary N) is 2. The Morgan fingerprint density at radius 2 is 1.29 bits per heavy atom. The van der Waals surface area contributed by atoms with E-state index in [-0.39, 0.29) is 24.6 Å². The Balaban J connectivity index is 1.48. The molecule has 0 aliphatic carbocycles. The molecule has 0 aliphatic rings. The molecule has 144 valence electrons. The van der Waals surface area contributed by atoms with Crippen molar-refractivity contribution in [2.24, 2.45) is 0 Å². The van der Waals surface area contributed by atoms with E-state index in [0.717, 1.165) is 17.8 Å². The lowest BCUT2D eigenvalue weighted by molar-refractivity contribution is 0.0927. The summed E-state index contributed by atoms with van der Waals surface area (Å²) in [5.74, 6) is -2.71. The molecule has 0 aliphatic heterocycles. The van der Waals surface area contributed by atoms with Crippen LogP contribution in [-0.2, 0) is 0 Å². The van der Waals surface area contributed by atoms with E-state index >= 15 is 0 Å². The zero-order chi connectivity index (χ0) is 20.1. The fraction of sp³-hybridized carbons (Fsp3) is 0.100. The summed E-state index contributed by atoms with van der Waals surface area (Å²) in [6.07, 6.45) is 3.82. The number of hydrogen-bond acceptors (Lipinski definition) is 5. The van der Waals surface area contributed by atoms with Gasteiger partial charge in [-0.25, -0.2) is 0 Å². The lowest BCUT2D eigenvalue weighted by Crippen LogP contribution is -2.34. The molecule has 0 fully saturated rings. The molecule has 3 rings (SSSR count). The number of aromatic hydroxyl groups is 3. The summed E-state index contributed by atoms with van der Waals surface area (Å²) in [5, 5.41) is 33.4. The van der Waals surface area contributed by atoms with Gasteiger partial charge in [0.2, 0.25) is 0 Å². The van der Waals surface area contributed by atoms with Crippen molar-refractivity contribution in [2.45, 2.75) is 0 Å². The predicted molar refractivity (Wildman–Crippen MR) is 102 cm³/mol. The molecule has 1 heterocycles. The standard InChI is InChI=1S/C20H19N3O5/c24-16-11-14(12-17(25)18(16)26)20(28)22-8-7-21-19(27)13-3-5-15(6-4-13)23-9-1-2-10-23/h1-6,9-12,24-26H,7-8H2,(H,21,27)(H,22,28). The fourth-order valence-electron chi connectivity index (χ4n) is 2.58. The van der Waals surface area contributed by atoms with E-state index in [1.165, 1.54) is 0 Å². The molecular formula is C20H19N3O5. The molecule has 0 atom stereocenters. The number of phenols is 3. The van der Waals surface area contributed by atoms with Crippen LogP contribution in [0.25, 0.3) is 5.69 Å². The first kappa shape index (κ1) is 18.8. The Kier molecular flexibility index (Phi) is 5.50. The first-order chi connectivity index (χ1) is 13.5. The summed E-state index contributed by atoms with van der Waals surface area (Å²) in [5.41, 5.74) is 1.42. The molecule has 2 amide bonds. The van der Waals surface area contributed by atoms with Gasteiger partial charge in [0.05, 0.1) is 0 Å². The van der Waals surface area contributed by atoms with Crippen molar-refractivity contribution >= 4 is 11.8 Å². The molecule has 5 N–H and O–H groups in total. The Morgan fingerprint density at radius 3 is 1.82 bits per heavy atom. The van der Waals surface area contributed by atoms with Crippen molar-refractivity contribution in [3.8, 4) is 22.9 Å². The molecule has 8 heteroatoms. The number of aromatic nitrogens is 1.